The molecular weight excluding hydrogens is 232 g/mol. The van der Waals surface area contributed by atoms with Gasteiger partial charge in [0.2, 0.25) is 0 Å². The first-order valence-electron chi connectivity index (χ1n) is 5.30. The Balaban J connectivity index is 2.20. The van der Waals surface area contributed by atoms with Gasteiger partial charge in [-0.05, 0) is 30.2 Å². The fourth-order valence-corrected chi connectivity index (χ4v) is 2.79. The fraction of sp³-hybridized carbons (Fsp3) is 0.154. The number of hydrogen-bond acceptors (Lipinski definition) is 3. The van der Waals surface area contributed by atoms with Crippen molar-refractivity contribution in [3.05, 3.63) is 53.9 Å². The Morgan fingerprint density at radius 3 is 2.76 bits per heavy atom. The molecule has 2 rings (SSSR count). The molecular formula is C13H14N2OS. The van der Waals surface area contributed by atoms with E-state index in [2.05, 4.69) is 4.98 Å². The summed E-state index contributed by atoms with van der Waals surface area (Å²) in [6, 6.07) is 9.24. The minimum atomic E-state index is -1.12. The van der Waals surface area contributed by atoms with Crippen LogP contribution in [0.3, 0.4) is 0 Å². The number of nitrogens with zero attached hydrogens (tertiary/aromatic N) is 1. The summed E-state index contributed by atoms with van der Waals surface area (Å²) in [7, 11) is -1.12. The number of nitrogens with two attached hydrogens (primary N) is 1. The quantitative estimate of drug-likeness (QED) is 0.845. The maximum absolute atomic E-state index is 12.1. The lowest BCUT2D eigenvalue weighted by atomic mass is 10.2. The van der Waals surface area contributed by atoms with E-state index in [0.29, 0.717) is 16.3 Å². The SMILES string of the molecule is Cc1cncc(CS(=O)c2ccccc2N)c1. The van der Waals surface area contributed by atoms with Gasteiger partial charge in [0.1, 0.15) is 0 Å². The van der Waals surface area contributed by atoms with Crippen molar-refractivity contribution in [2.75, 3.05) is 5.73 Å². The van der Waals surface area contributed by atoms with Crippen molar-refractivity contribution in [2.24, 2.45) is 0 Å². The summed E-state index contributed by atoms with van der Waals surface area (Å²) in [4.78, 5) is 4.78. The monoisotopic (exact) mass is 246 g/mol. The van der Waals surface area contributed by atoms with Crippen LogP contribution in [0.5, 0.6) is 0 Å². The molecule has 0 fully saturated rings. The van der Waals surface area contributed by atoms with E-state index in [-0.39, 0.29) is 0 Å². The normalized spacial score (nSPS) is 12.3. The van der Waals surface area contributed by atoms with Gasteiger partial charge in [0.15, 0.2) is 0 Å². The van der Waals surface area contributed by atoms with E-state index in [9.17, 15) is 4.21 Å². The molecule has 1 unspecified atom stereocenters. The number of para-hydroxylation sites is 1. The van der Waals surface area contributed by atoms with Crippen molar-refractivity contribution in [1.29, 1.82) is 0 Å². The van der Waals surface area contributed by atoms with Crippen molar-refractivity contribution in [1.82, 2.24) is 4.98 Å². The molecule has 0 amide bonds. The zero-order valence-corrected chi connectivity index (χ0v) is 10.4. The lowest BCUT2D eigenvalue weighted by Gasteiger charge is -2.05. The molecule has 2 aromatic rings. The molecule has 1 heterocycles. The molecule has 3 nitrogen and oxygen atoms in total. The maximum Gasteiger partial charge on any atom is 0.0620 e. The van der Waals surface area contributed by atoms with Crippen LogP contribution in [0.25, 0.3) is 0 Å². The van der Waals surface area contributed by atoms with E-state index in [1.807, 2.05) is 25.1 Å². The average Bonchev–Trinajstić information content (AvgIpc) is 2.29. The standard InChI is InChI=1S/C13H14N2OS/c1-10-6-11(8-15-7-10)9-17(16)13-5-3-2-4-12(13)14/h2-8H,9,14H2,1H3. The minimum Gasteiger partial charge on any atom is -0.398 e. The summed E-state index contributed by atoms with van der Waals surface area (Å²) in [6.07, 6.45) is 3.52. The second-order valence-corrected chi connectivity index (χ2v) is 5.32. The number of anilines is 1. The van der Waals surface area contributed by atoms with Gasteiger partial charge in [-0.1, -0.05) is 18.2 Å². The number of aromatic nitrogens is 1. The van der Waals surface area contributed by atoms with Gasteiger partial charge in [-0.25, -0.2) is 0 Å². The maximum atomic E-state index is 12.1. The highest BCUT2D eigenvalue weighted by molar-refractivity contribution is 7.84. The Kier molecular flexibility index (Phi) is 3.54. The highest BCUT2D eigenvalue weighted by Crippen LogP contribution is 2.18. The van der Waals surface area contributed by atoms with Gasteiger partial charge in [0.25, 0.3) is 0 Å². The van der Waals surface area contributed by atoms with E-state index in [1.165, 1.54) is 0 Å². The molecule has 1 aromatic carbocycles. The lowest BCUT2D eigenvalue weighted by molar-refractivity contribution is 0.683. The zero-order chi connectivity index (χ0) is 12.3. The zero-order valence-electron chi connectivity index (χ0n) is 9.59. The van der Waals surface area contributed by atoms with E-state index in [4.69, 9.17) is 5.73 Å². The van der Waals surface area contributed by atoms with Crippen LogP contribution in [0.2, 0.25) is 0 Å². The molecule has 17 heavy (non-hydrogen) atoms. The predicted octanol–water partition coefficient (Wildman–Crippen LogP) is 2.28. The molecule has 0 aliphatic rings. The number of pyridine rings is 1. The number of benzene rings is 1. The van der Waals surface area contributed by atoms with Crippen molar-refractivity contribution in [3.63, 3.8) is 0 Å². The van der Waals surface area contributed by atoms with Gasteiger partial charge >= 0.3 is 0 Å². The summed E-state index contributed by atoms with van der Waals surface area (Å²) in [5.41, 5.74) is 8.41. The second kappa shape index (κ2) is 5.10. The Labute approximate surface area is 103 Å². The van der Waals surface area contributed by atoms with E-state index in [0.717, 1.165) is 11.1 Å². The van der Waals surface area contributed by atoms with Gasteiger partial charge in [0, 0.05) is 18.1 Å². The molecule has 0 aliphatic heterocycles. The van der Waals surface area contributed by atoms with Gasteiger partial charge in [0.05, 0.1) is 21.4 Å². The van der Waals surface area contributed by atoms with E-state index < -0.39 is 10.8 Å². The first kappa shape index (κ1) is 11.8. The number of nitrogen functional groups attached to an aromatic ring is 1. The Morgan fingerprint density at radius 1 is 1.29 bits per heavy atom. The van der Waals surface area contributed by atoms with Gasteiger partial charge in [-0.2, -0.15) is 0 Å². The molecule has 0 bridgehead atoms. The minimum absolute atomic E-state index is 0.447. The Morgan fingerprint density at radius 2 is 2.06 bits per heavy atom. The number of hydrogen-bond donors (Lipinski definition) is 1. The first-order chi connectivity index (χ1) is 8.16. The van der Waals surface area contributed by atoms with Crippen LogP contribution in [-0.4, -0.2) is 9.19 Å². The summed E-state index contributed by atoms with van der Waals surface area (Å²) >= 11 is 0. The molecule has 0 radical (unpaired) electrons. The van der Waals surface area contributed by atoms with Crippen LogP contribution in [-0.2, 0) is 16.6 Å². The highest BCUT2D eigenvalue weighted by Gasteiger charge is 2.08. The highest BCUT2D eigenvalue weighted by atomic mass is 32.2. The molecule has 88 valence electrons. The molecule has 0 spiro atoms. The van der Waals surface area contributed by atoms with Crippen LogP contribution in [0, 0.1) is 6.92 Å². The number of aryl methyl sites for hydroxylation is 1. The van der Waals surface area contributed by atoms with Crippen LogP contribution in [0.15, 0.2) is 47.6 Å². The average molecular weight is 246 g/mol. The summed E-state index contributed by atoms with van der Waals surface area (Å²) in [5, 5.41) is 0. The van der Waals surface area contributed by atoms with Crippen LogP contribution < -0.4 is 5.73 Å². The molecule has 0 saturated heterocycles. The second-order valence-electron chi connectivity index (χ2n) is 3.90. The fourth-order valence-electron chi connectivity index (χ4n) is 1.61. The molecule has 2 N–H and O–H groups in total. The third-order valence-electron chi connectivity index (χ3n) is 2.39. The van der Waals surface area contributed by atoms with Crippen molar-refractivity contribution < 1.29 is 4.21 Å². The number of rotatable bonds is 3. The molecule has 1 atom stereocenters. The summed E-state index contributed by atoms with van der Waals surface area (Å²) < 4.78 is 12.1. The van der Waals surface area contributed by atoms with Crippen LogP contribution >= 0.6 is 0 Å². The largest absolute Gasteiger partial charge is 0.398 e. The molecule has 0 aliphatic carbocycles. The van der Waals surface area contributed by atoms with Crippen molar-refractivity contribution in [2.45, 2.75) is 17.6 Å². The molecule has 1 aromatic heterocycles. The third kappa shape index (κ3) is 2.91. The van der Waals surface area contributed by atoms with Crippen molar-refractivity contribution in [3.8, 4) is 0 Å². The van der Waals surface area contributed by atoms with Gasteiger partial charge in [-0.15, -0.1) is 0 Å². The Bertz CT molecular complexity index is 555. The topological polar surface area (TPSA) is 56.0 Å². The third-order valence-corrected chi connectivity index (χ3v) is 3.85. The molecule has 0 saturated carbocycles. The summed E-state index contributed by atoms with van der Waals surface area (Å²) in [5.74, 6) is 0.447. The van der Waals surface area contributed by atoms with Crippen LogP contribution in [0.1, 0.15) is 11.1 Å². The smallest absolute Gasteiger partial charge is 0.0620 e. The van der Waals surface area contributed by atoms with E-state index >= 15 is 0 Å². The predicted molar refractivity (Wildman–Crippen MR) is 69.9 cm³/mol. The van der Waals surface area contributed by atoms with Gasteiger partial charge in [-0.3, -0.25) is 9.19 Å². The van der Waals surface area contributed by atoms with Crippen LogP contribution in [0.4, 0.5) is 5.69 Å². The lowest BCUT2D eigenvalue weighted by Crippen LogP contribution is -2.01. The molecule has 4 heteroatoms. The van der Waals surface area contributed by atoms with Gasteiger partial charge < -0.3 is 5.73 Å². The Hall–Kier alpha value is -1.68. The van der Waals surface area contributed by atoms with E-state index in [1.54, 1.807) is 24.5 Å². The first-order valence-corrected chi connectivity index (χ1v) is 6.62. The summed E-state index contributed by atoms with van der Waals surface area (Å²) in [6.45, 7) is 1.97. The van der Waals surface area contributed by atoms with Crippen molar-refractivity contribution >= 4 is 16.5 Å².